The van der Waals surface area contributed by atoms with Gasteiger partial charge in [-0.05, 0) is 51.1 Å². The highest BCUT2D eigenvalue weighted by molar-refractivity contribution is 4.75. The molecule has 1 fully saturated rings. The number of nitrogens with one attached hydrogen (secondary N) is 1. The van der Waals surface area contributed by atoms with Gasteiger partial charge in [-0.2, -0.15) is 0 Å². The summed E-state index contributed by atoms with van der Waals surface area (Å²) < 4.78 is 5.84. The summed E-state index contributed by atoms with van der Waals surface area (Å²) in [4.78, 5) is 2.20. The van der Waals surface area contributed by atoms with Gasteiger partial charge >= 0.3 is 0 Å². The largest absolute Gasteiger partial charge is 0.389 e. The van der Waals surface area contributed by atoms with Crippen LogP contribution in [0.4, 0.5) is 0 Å². The Hall–Kier alpha value is -0.160. The van der Waals surface area contributed by atoms with Crippen molar-refractivity contribution in [2.75, 3.05) is 40.3 Å². The molecule has 1 saturated carbocycles. The molecule has 1 aliphatic rings. The molecule has 0 bridgehead atoms. The van der Waals surface area contributed by atoms with Gasteiger partial charge in [-0.25, -0.2) is 0 Å². The van der Waals surface area contributed by atoms with Crippen molar-refractivity contribution < 1.29 is 9.84 Å². The first kappa shape index (κ1) is 18.9. The number of hydrogen-bond acceptors (Lipinski definition) is 4. The number of aliphatic hydroxyl groups is 1. The second-order valence-electron chi connectivity index (χ2n) is 7.90. The summed E-state index contributed by atoms with van der Waals surface area (Å²) in [5.74, 6) is 0.843. The second-order valence-corrected chi connectivity index (χ2v) is 7.90. The SMILES string of the molecule is CC1CCC(OCC(O)CNCC(C)(C)CN(C)C)CC1. The molecular formula is C17H36N2O2. The summed E-state index contributed by atoms with van der Waals surface area (Å²) in [7, 11) is 4.19. The Morgan fingerprint density at radius 3 is 2.43 bits per heavy atom. The molecule has 0 aromatic heterocycles. The van der Waals surface area contributed by atoms with Crippen LogP contribution in [0.5, 0.6) is 0 Å². The highest BCUT2D eigenvalue weighted by atomic mass is 16.5. The number of aliphatic hydroxyl groups excluding tert-OH is 1. The van der Waals surface area contributed by atoms with Crippen LogP contribution in [0.3, 0.4) is 0 Å². The zero-order valence-electron chi connectivity index (χ0n) is 14.7. The van der Waals surface area contributed by atoms with Crippen LogP contribution in [0, 0.1) is 11.3 Å². The standard InChI is InChI=1S/C17H36N2O2/c1-14-6-8-16(9-7-14)21-11-15(20)10-18-12-17(2,3)13-19(4)5/h14-16,18,20H,6-13H2,1-5H3. The van der Waals surface area contributed by atoms with Crippen LogP contribution in [0.1, 0.15) is 46.5 Å². The summed E-state index contributed by atoms with van der Waals surface area (Å²) in [5, 5.41) is 13.4. The third kappa shape index (κ3) is 8.77. The van der Waals surface area contributed by atoms with Crippen LogP contribution in [-0.4, -0.2) is 62.6 Å². The minimum absolute atomic E-state index is 0.212. The van der Waals surface area contributed by atoms with E-state index < -0.39 is 6.10 Å². The Kier molecular flexibility index (Phi) is 8.17. The molecule has 0 radical (unpaired) electrons. The third-order valence-corrected chi connectivity index (χ3v) is 4.21. The maximum absolute atomic E-state index is 10.0. The Balaban J connectivity index is 2.09. The Morgan fingerprint density at radius 1 is 1.24 bits per heavy atom. The Labute approximate surface area is 131 Å². The lowest BCUT2D eigenvalue weighted by Crippen LogP contribution is -2.41. The summed E-state index contributed by atoms with van der Waals surface area (Å²) >= 11 is 0. The van der Waals surface area contributed by atoms with Crippen LogP contribution in [0.15, 0.2) is 0 Å². The molecule has 1 rings (SSSR count). The van der Waals surface area contributed by atoms with E-state index in [1.807, 2.05) is 0 Å². The van der Waals surface area contributed by atoms with Gasteiger partial charge in [-0.1, -0.05) is 20.8 Å². The predicted octanol–water partition coefficient (Wildman–Crippen LogP) is 2.12. The molecular weight excluding hydrogens is 264 g/mol. The molecule has 0 spiro atoms. The molecule has 0 aromatic rings. The quantitative estimate of drug-likeness (QED) is 0.685. The first-order valence-corrected chi connectivity index (χ1v) is 8.43. The molecule has 0 heterocycles. The minimum Gasteiger partial charge on any atom is -0.389 e. The van der Waals surface area contributed by atoms with Crippen LogP contribution in [-0.2, 0) is 4.74 Å². The van der Waals surface area contributed by atoms with Crippen LogP contribution in [0.25, 0.3) is 0 Å². The Morgan fingerprint density at radius 2 is 1.86 bits per heavy atom. The van der Waals surface area contributed by atoms with E-state index in [1.165, 1.54) is 12.8 Å². The summed E-state index contributed by atoms with van der Waals surface area (Å²) in [6.45, 7) is 9.80. The molecule has 0 amide bonds. The van der Waals surface area contributed by atoms with E-state index in [1.54, 1.807) is 0 Å². The van der Waals surface area contributed by atoms with E-state index in [0.29, 0.717) is 19.3 Å². The van der Waals surface area contributed by atoms with Gasteiger partial charge in [0.05, 0.1) is 18.8 Å². The molecule has 0 saturated heterocycles. The molecule has 4 nitrogen and oxygen atoms in total. The number of ether oxygens (including phenoxy) is 1. The number of rotatable bonds is 9. The van der Waals surface area contributed by atoms with Gasteiger partial charge < -0.3 is 20.1 Å². The Bertz CT molecular complexity index is 274. The van der Waals surface area contributed by atoms with E-state index in [9.17, 15) is 5.11 Å². The highest BCUT2D eigenvalue weighted by Gasteiger charge is 2.21. The lowest BCUT2D eigenvalue weighted by molar-refractivity contribution is -0.0282. The fraction of sp³-hybridized carbons (Fsp3) is 1.00. The first-order chi connectivity index (χ1) is 9.78. The van der Waals surface area contributed by atoms with Gasteiger partial charge in [0.15, 0.2) is 0 Å². The van der Waals surface area contributed by atoms with Crippen LogP contribution in [0.2, 0.25) is 0 Å². The number of nitrogens with zero attached hydrogens (tertiary/aromatic N) is 1. The molecule has 0 aliphatic heterocycles. The van der Waals surface area contributed by atoms with Gasteiger partial charge in [0, 0.05) is 19.6 Å². The fourth-order valence-corrected chi connectivity index (χ4v) is 3.19. The second kappa shape index (κ2) is 9.09. The molecule has 1 atom stereocenters. The van der Waals surface area contributed by atoms with E-state index in [2.05, 4.69) is 45.1 Å². The topological polar surface area (TPSA) is 44.7 Å². The van der Waals surface area contributed by atoms with Crippen molar-refractivity contribution >= 4 is 0 Å². The maximum Gasteiger partial charge on any atom is 0.0897 e. The zero-order chi connectivity index (χ0) is 15.9. The monoisotopic (exact) mass is 300 g/mol. The van der Waals surface area contributed by atoms with Gasteiger partial charge in [0.25, 0.3) is 0 Å². The van der Waals surface area contributed by atoms with Crippen LogP contribution >= 0.6 is 0 Å². The normalized spacial score (nSPS) is 25.3. The van der Waals surface area contributed by atoms with Gasteiger partial charge in [0.2, 0.25) is 0 Å². The van der Waals surface area contributed by atoms with E-state index in [4.69, 9.17) is 4.74 Å². The molecule has 126 valence electrons. The summed E-state index contributed by atoms with van der Waals surface area (Å²) in [5.41, 5.74) is 0.212. The highest BCUT2D eigenvalue weighted by Crippen LogP contribution is 2.25. The van der Waals surface area contributed by atoms with Crippen molar-refractivity contribution in [3.05, 3.63) is 0 Å². The molecule has 1 aliphatic carbocycles. The van der Waals surface area contributed by atoms with E-state index in [0.717, 1.165) is 31.8 Å². The first-order valence-electron chi connectivity index (χ1n) is 8.43. The molecule has 2 N–H and O–H groups in total. The van der Waals surface area contributed by atoms with Gasteiger partial charge in [0.1, 0.15) is 0 Å². The average molecular weight is 300 g/mol. The summed E-state index contributed by atoms with van der Waals surface area (Å²) in [6, 6.07) is 0. The molecule has 0 aromatic carbocycles. The third-order valence-electron chi connectivity index (χ3n) is 4.21. The van der Waals surface area contributed by atoms with Crippen molar-refractivity contribution in [1.29, 1.82) is 0 Å². The molecule has 1 unspecified atom stereocenters. The lowest BCUT2D eigenvalue weighted by atomic mass is 9.89. The van der Waals surface area contributed by atoms with Crippen molar-refractivity contribution in [2.24, 2.45) is 11.3 Å². The average Bonchev–Trinajstić information content (AvgIpc) is 2.36. The summed E-state index contributed by atoms with van der Waals surface area (Å²) in [6.07, 6.45) is 4.78. The maximum atomic E-state index is 10.0. The van der Waals surface area contributed by atoms with Crippen LogP contribution < -0.4 is 5.32 Å². The van der Waals surface area contributed by atoms with Crippen molar-refractivity contribution in [3.8, 4) is 0 Å². The predicted molar refractivity (Wildman–Crippen MR) is 88.6 cm³/mol. The minimum atomic E-state index is -0.403. The van der Waals surface area contributed by atoms with E-state index >= 15 is 0 Å². The fourth-order valence-electron chi connectivity index (χ4n) is 3.19. The lowest BCUT2D eigenvalue weighted by Gasteiger charge is -2.29. The number of hydrogen-bond donors (Lipinski definition) is 2. The van der Waals surface area contributed by atoms with Gasteiger partial charge in [-0.15, -0.1) is 0 Å². The van der Waals surface area contributed by atoms with Crippen molar-refractivity contribution in [1.82, 2.24) is 10.2 Å². The smallest absolute Gasteiger partial charge is 0.0897 e. The molecule has 21 heavy (non-hydrogen) atoms. The van der Waals surface area contributed by atoms with Crippen molar-refractivity contribution in [2.45, 2.75) is 58.7 Å². The van der Waals surface area contributed by atoms with Gasteiger partial charge in [-0.3, -0.25) is 0 Å². The van der Waals surface area contributed by atoms with Crippen molar-refractivity contribution in [3.63, 3.8) is 0 Å². The van der Waals surface area contributed by atoms with E-state index in [-0.39, 0.29) is 5.41 Å². The molecule has 4 heteroatoms. The zero-order valence-corrected chi connectivity index (χ0v) is 14.7.